The van der Waals surface area contributed by atoms with E-state index in [1.54, 1.807) is 6.07 Å². The van der Waals surface area contributed by atoms with Gasteiger partial charge in [-0.1, -0.05) is 48.5 Å². The van der Waals surface area contributed by atoms with Crippen LogP contribution in [0.3, 0.4) is 0 Å². The maximum absolute atomic E-state index is 12.9. The van der Waals surface area contributed by atoms with Gasteiger partial charge in [-0.3, -0.25) is 4.79 Å². The molecule has 0 bridgehead atoms. The lowest BCUT2D eigenvalue weighted by Crippen LogP contribution is -2.39. The van der Waals surface area contributed by atoms with Gasteiger partial charge in [0, 0.05) is 33.6 Å². The average molecular weight is 410 g/mol. The quantitative estimate of drug-likeness (QED) is 0.372. The van der Waals surface area contributed by atoms with E-state index in [0.717, 1.165) is 33.0 Å². The Bertz CT molecular complexity index is 1330. The first-order valence-corrected chi connectivity index (χ1v) is 10.3. The van der Waals surface area contributed by atoms with Crippen LogP contribution in [0.2, 0.25) is 0 Å². The summed E-state index contributed by atoms with van der Waals surface area (Å²) in [7, 11) is 0. The Kier molecular flexibility index (Phi) is 5.02. The molecule has 0 radical (unpaired) electrons. The van der Waals surface area contributed by atoms with Crippen molar-refractivity contribution in [1.29, 1.82) is 0 Å². The van der Waals surface area contributed by atoms with Crippen LogP contribution < -0.4 is 5.32 Å². The maximum Gasteiger partial charge on any atom is 0.251 e. The van der Waals surface area contributed by atoms with Gasteiger partial charge in [0.1, 0.15) is 11.3 Å². The lowest BCUT2D eigenvalue weighted by Gasteiger charge is -2.16. The zero-order valence-electron chi connectivity index (χ0n) is 16.8. The largest absolute Gasteiger partial charge is 0.456 e. The van der Waals surface area contributed by atoms with Crippen LogP contribution in [0.5, 0.6) is 0 Å². The number of aromatic nitrogens is 1. The van der Waals surface area contributed by atoms with Crippen molar-refractivity contribution in [2.45, 2.75) is 12.5 Å². The van der Waals surface area contributed by atoms with Crippen LogP contribution in [0.1, 0.15) is 15.9 Å². The number of aliphatic hydroxyl groups excluding tert-OH is 1. The molecule has 3 aromatic carbocycles. The molecule has 0 fully saturated rings. The van der Waals surface area contributed by atoms with Gasteiger partial charge in [0.15, 0.2) is 0 Å². The van der Waals surface area contributed by atoms with Crippen molar-refractivity contribution in [1.82, 2.24) is 10.3 Å². The van der Waals surface area contributed by atoms with Gasteiger partial charge in [-0.25, -0.2) is 0 Å². The van der Waals surface area contributed by atoms with Crippen LogP contribution in [0, 0.1) is 0 Å². The minimum atomic E-state index is -0.387. The highest BCUT2D eigenvalue weighted by atomic mass is 16.3. The molecule has 5 nitrogen and oxygen atoms in total. The van der Waals surface area contributed by atoms with Crippen molar-refractivity contribution in [2.24, 2.45) is 0 Å². The molecular weight excluding hydrogens is 388 g/mol. The second-order valence-electron chi connectivity index (χ2n) is 7.65. The first-order valence-electron chi connectivity index (χ1n) is 10.3. The fourth-order valence-electron chi connectivity index (χ4n) is 3.93. The molecule has 0 saturated carbocycles. The Morgan fingerprint density at radius 3 is 2.71 bits per heavy atom. The molecule has 0 aliphatic carbocycles. The number of aromatic amines is 1. The molecule has 5 rings (SSSR count). The van der Waals surface area contributed by atoms with Crippen LogP contribution >= 0.6 is 0 Å². The second kappa shape index (κ2) is 8.13. The van der Waals surface area contributed by atoms with Crippen molar-refractivity contribution in [3.8, 4) is 11.3 Å². The van der Waals surface area contributed by atoms with Gasteiger partial charge in [-0.15, -0.1) is 0 Å². The third-order valence-corrected chi connectivity index (χ3v) is 5.53. The van der Waals surface area contributed by atoms with Gasteiger partial charge in [0.05, 0.1) is 12.6 Å². The third-order valence-electron chi connectivity index (χ3n) is 5.53. The lowest BCUT2D eigenvalue weighted by molar-refractivity contribution is 0.0916. The van der Waals surface area contributed by atoms with Crippen molar-refractivity contribution in [3.05, 3.63) is 96.2 Å². The summed E-state index contributed by atoms with van der Waals surface area (Å²) in [6.07, 6.45) is 2.47. The van der Waals surface area contributed by atoms with Gasteiger partial charge in [0.25, 0.3) is 5.91 Å². The monoisotopic (exact) mass is 410 g/mol. The summed E-state index contributed by atoms with van der Waals surface area (Å²) in [4.78, 5) is 16.1. The number of rotatable bonds is 6. The van der Waals surface area contributed by atoms with E-state index in [2.05, 4.69) is 10.3 Å². The molecule has 1 unspecified atom stereocenters. The van der Waals surface area contributed by atoms with Crippen molar-refractivity contribution >= 4 is 27.8 Å². The predicted molar refractivity (Wildman–Crippen MR) is 122 cm³/mol. The summed E-state index contributed by atoms with van der Waals surface area (Å²) in [6, 6.07) is 24.7. The summed E-state index contributed by atoms with van der Waals surface area (Å²) < 4.78 is 5.93. The van der Waals surface area contributed by atoms with E-state index in [4.69, 9.17) is 4.42 Å². The smallest absolute Gasteiger partial charge is 0.251 e. The molecule has 3 N–H and O–H groups in total. The number of para-hydroxylation sites is 2. The molecule has 1 atom stereocenters. The minimum absolute atomic E-state index is 0.144. The van der Waals surface area contributed by atoms with E-state index < -0.39 is 0 Å². The van der Waals surface area contributed by atoms with Crippen LogP contribution in [0.25, 0.3) is 33.2 Å². The van der Waals surface area contributed by atoms with Crippen LogP contribution in [-0.2, 0) is 6.42 Å². The van der Waals surface area contributed by atoms with Crippen LogP contribution in [0.15, 0.2) is 89.5 Å². The highest BCUT2D eigenvalue weighted by Gasteiger charge is 2.17. The standard InChI is InChI=1S/C26H22N2O3/c29-16-21(13-20-15-27-23-10-3-2-9-22(20)23)28-26(30)19-8-5-7-17(12-19)25-14-18-6-1-4-11-24(18)31-25/h1-12,14-15,21,27,29H,13,16H2,(H,28,30). The van der Waals surface area contributed by atoms with Gasteiger partial charge in [0.2, 0.25) is 0 Å². The highest BCUT2D eigenvalue weighted by molar-refractivity contribution is 5.96. The van der Waals surface area contributed by atoms with Crippen LogP contribution in [-0.4, -0.2) is 28.6 Å². The number of carbonyl (C=O) groups excluding carboxylic acids is 1. The Morgan fingerprint density at radius 2 is 1.84 bits per heavy atom. The van der Waals surface area contributed by atoms with E-state index in [1.165, 1.54) is 0 Å². The number of carbonyl (C=O) groups is 1. The molecule has 0 aliphatic heterocycles. The first-order chi connectivity index (χ1) is 15.2. The van der Waals surface area contributed by atoms with E-state index >= 15 is 0 Å². The predicted octanol–water partition coefficient (Wildman–Crippen LogP) is 4.91. The van der Waals surface area contributed by atoms with Gasteiger partial charge in [-0.05, 0) is 42.3 Å². The summed E-state index contributed by atoms with van der Waals surface area (Å²) in [5, 5.41) is 14.9. The molecule has 0 spiro atoms. The van der Waals surface area contributed by atoms with Gasteiger partial charge >= 0.3 is 0 Å². The number of nitrogens with one attached hydrogen (secondary N) is 2. The molecule has 31 heavy (non-hydrogen) atoms. The molecular formula is C26H22N2O3. The number of furan rings is 1. The Morgan fingerprint density at radius 1 is 1.00 bits per heavy atom. The third kappa shape index (κ3) is 3.83. The number of hydrogen-bond acceptors (Lipinski definition) is 3. The van der Waals surface area contributed by atoms with Gasteiger partial charge < -0.3 is 19.8 Å². The highest BCUT2D eigenvalue weighted by Crippen LogP contribution is 2.28. The number of fused-ring (bicyclic) bond motifs is 2. The zero-order valence-corrected chi connectivity index (χ0v) is 16.8. The lowest BCUT2D eigenvalue weighted by atomic mass is 10.0. The Hall–Kier alpha value is -3.83. The SMILES string of the molecule is O=C(NC(CO)Cc1c[nH]c2ccccc12)c1cccc(-c2cc3ccccc3o2)c1. The summed E-state index contributed by atoms with van der Waals surface area (Å²) >= 11 is 0. The zero-order chi connectivity index (χ0) is 21.2. The summed E-state index contributed by atoms with van der Waals surface area (Å²) in [5.74, 6) is 0.491. The van der Waals surface area contributed by atoms with Crippen molar-refractivity contribution in [2.75, 3.05) is 6.61 Å². The molecule has 154 valence electrons. The molecule has 2 heterocycles. The number of amides is 1. The van der Waals surface area contributed by atoms with E-state index in [0.29, 0.717) is 17.7 Å². The van der Waals surface area contributed by atoms with Crippen molar-refractivity contribution < 1.29 is 14.3 Å². The summed E-state index contributed by atoms with van der Waals surface area (Å²) in [6.45, 7) is -0.144. The Balaban J connectivity index is 1.35. The van der Waals surface area contributed by atoms with E-state index in [9.17, 15) is 9.90 Å². The number of aliphatic hydroxyl groups is 1. The molecule has 0 saturated heterocycles. The van der Waals surface area contributed by atoms with Gasteiger partial charge in [-0.2, -0.15) is 0 Å². The topological polar surface area (TPSA) is 78.3 Å². The fourth-order valence-corrected chi connectivity index (χ4v) is 3.93. The van der Waals surface area contributed by atoms with Crippen molar-refractivity contribution in [3.63, 3.8) is 0 Å². The summed E-state index contributed by atoms with van der Waals surface area (Å²) in [5.41, 5.74) is 4.27. The fraction of sp³-hybridized carbons (Fsp3) is 0.115. The second-order valence-corrected chi connectivity index (χ2v) is 7.65. The van der Waals surface area contributed by atoms with E-state index in [-0.39, 0.29) is 18.6 Å². The molecule has 0 aliphatic rings. The maximum atomic E-state index is 12.9. The average Bonchev–Trinajstić information content (AvgIpc) is 3.43. The number of hydrogen-bond donors (Lipinski definition) is 3. The number of benzene rings is 3. The number of H-pyrrole nitrogens is 1. The molecule has 1 amide bonds. The molecule has 5 heteroatoms. The van der Waals surface area contributed by atoms with Crippen LogP contribution in [0.4, 0.5) is 0 Å². The molecule has 5 aromatic rings. The van der Waals surface area contributed by atoms with E-state index in [1.807, 2.05) is 79.0 Å². The molecule has 2 aromatic heterocycles. The Labute approximate surface area is 179 Å². The normalized spacial score (nSPS) is 12.3. The first kappa shape index (κ1) is 19.2. The minimum Gasteiger partial charge on any atom is -0.456 e.